The number of aromatic amines is 2. The van der Waals surface area contributed by atoms with Gasteiger partial charge in [0.2, 0.25) is 0 Å². The SMILES string of the molecule is CN(Cc1[nH]c(=O)[nH]c(=O)c1Cl)C(=N)N.Cl. The fourth-order valence-electron chi connectivity index (χ4n) is 0.949. The van der Waals surface area contributed by atoms with E-state index in [-0.39, 0.29) is 35.6 Å². The molecule has 1 heterocycles. The quantitative estimate of drug-likeness (QED) is 0.425. The largest absolute Gasteiger partial charge is 0.370 e. The molecule has 0 aliphatic rings. The van der Waals surface area contributed by atoms with Crippen LogP contribution in [-0.2, 0) is 6.54 Å². The second-order valence-electron chi connectivity index (χ2n) is 2.94. The van der Waals surface area contributed by atoms with Gasteiger partial charge in [0.25, 0.3) is 5.56 Å². The summed E-state index contributed by atoms with van der Waals surface area (Å²) in [5.74, 6) is -0.188. The molecule has 90 valence electrons. The van der Waals surface area contributed by atoms with Crippen LogP contribution >= 0.6 is 24.0 Å². The van der Waals surface area contributed by atoms with Gasteiger partial charge in [0, 0.05) is 7.05 Å². The molecule has 0 aromatic carbocycles. The summed E-state index contributed by atoms with van der Waals surface area (Å²) in [5.41, 5.74) is 4.12. The summed E-state index contributed by atoms with van der Waals surface area (Å²) in [6, 6.07) is 0. The Balaban J connectivity index is 0.00000225. The van der Waals surface area contributed by atoms with E-state index in [2.05, 4.69) is 4.98 Å². The fraction of sp³-hybridized carbons (Fsp3) is 0.286. The second-order valence-corrected chi connectivity index (χ2v) is 3.32. The van der Waals surface area contributed by atoms with E-state index in [9.17, 15) is 9.59 Å². The highest BCUT2D eigenvalue weighted by atomic mass is 35.5. The zero-order valence-electron chi connectivity index (χ0n) is 8.33. The lowest BCUT2D eigenvalue weighted by Gasteiger charge is -2.16. The Labute approximate surface area is 102 Å². The Morgan fingerprint density at radius 3 is 2.56 bits per heavy atom. The third-order valence-corrected chi connectivity index (χ3v) is 2.16. The molecular weight excluding hydrogens is 257 g/mol. The molecule has 7 nitrogen and oxygen atoms in total. The molecule has 1 aromatic heterocycles. The van der Waals surface area contributed by atoms with Gasteiger partial charge in [-0.25, -0.2) is 4.79 Å². The van der Waals surface area contributed by atoms with Crippen molar-refractivity contribution in [2.75, 3.05) is 7.05 Å². The molecule has 0 spiro atoms. The van der Waals surface area contributed by atoms with Gasteiger partial charge in [-0.05, 0) is 0 Å². The average molecular weight is 268 g/mol. The number of hydrogen-bond acceptors (Lipinski definition) is 3. The van der Waals surface area contributed by atoms with Crippen molar-refractivity contribution in [1.29, 1.82) is 5.41 Å². The lowest BCUT2D eigenvalue weighted by Crippen LogP contribution is -2.34. The first-order valence-corrected chi connectivity index (χ1v) is 4.35. The fourth-order valence-corrected chi connectivity index (χ4v) is 1.10. The van der Waals surface area contributed by atoms with Crippen LogP contribution in [0.2, 0.25) is 5.02 Å². The number of halogens is 2. The van der Waals surface area contributed by atoms with Crippen LogP contribution in [0, 0.1) is 5.41 Å². The molecule has 0 atom stereocenters. The summed E-state index contributed by atoms with van der Waals surface area (Å²) in [6.07, 6.45) is 0. The highest BCUT2D eigenvalue weighted by Gasteiger charge is 2.09. The summed E-state index contributed by atoms with van der Waals surface area (Å²) in [6.45, 7) is 0.0906. The maximum absolute atomic E-state index is 11.1. The Kier molecular flexibility index (Phi) is 5.06. The monoisotopic (exact) mass is 267 g/mol. The van der Waals surface area contributed by atoms with E-state index in [0.717, 1.165) is 0 Å². The van der Waals surface area contributed by atoms with Gasteiger partial charge in [-0.1, -0.05) is 11.6 Å². The van der Waals surface area contributed by atoms with Crippen LogP contribution in [0.4, 0.5) is 0 Å². The van der Waals surface area contributed by atoms with E-state index < -0.39 is 11.2 Å². The first-order valence-electron chi connectivity index (χ1n) is 3.98. The number of aromatic nitrogens is 2. The summed E-state index contributed by atoms with van der Waals surface area (Å²) < 4.78 is 0. The molecule has 5 N–H and O–H groups in total. The van der Waals surface area contributed by atoms with E-state index in [1.807, 2.05) is 4.98 Å². The van der Waals surface area contributed by atoms with Crippen molar-refractivity contribution in [3.8, 4) is 0 Å². The molecule has 0 bridgehead atoms. The zero-order chi connectivity index (χ0) is 11.6. The topological polar surface area (TPSA) is 119 Å². The van der Waals surface area contributed by atoms with Gasteiger partial charge < -0.3 is 15.6 Å². The number of nitrogens with two attached hydrogens (primary N) is 1. The van der Waals surface area contributed by atoms with E-state index in [1.54, 1.807) is 0 Å². The van der Waals surface area contributed by atoms with Crippen molar-refractivity contribution in [2.45, 2.75) is 6.54 Å². The van der Waals surface area contributed by atoms with Crippen LogP contribution in [-0.4, -0.2) is 27.9 Å². The molecule has 0 unspecified atom stereocenters. The van der Waals surface area contributed by atoms with Gasteiger partial charge in [0.15, 0.2) is 5.96 Å². The molecule has 9 heteroatoms. The van der Waals surface area contributed by atoms with Crippen LogP contribution in [0.3, 0.4) is 0 Å². The second kappa shape index (κ2) is 5.57. The molecule has 0 aliphatic heterocycles. The Bertz CT molecular complexity index is 494. The predicted octanol–water partition coefficient (Wildman–Crippen LogP) is -0.536. The number of nitrogens with one attached hydrogen (secondary N) is 3. The number of hydrogen-bond donors (Lipinski definition) is 4. The summed E-state index contributed by atoms with van der Waals surface area (Å²) in [5, 5.41) is 7.00. The maximum Gasteiger partial charge on any atom is 0.326 e. The van der Waals surface area contributed by atoms with Crippen LogP contribution in [0.25, 0.3) is 0 Å². The van der Waals surface area contributed by atoms with Crippen molar-refractivity contribution in [1.82, 2.24) is 14.9 Å². The minimum atomic E-state index is -0.660. The maximum atomic E-state index is 11.1. The first-order chi connectivity index (χ1) is 6.91. The standard InChI is InChI=1S/C7H10ClN5O2.ClH/c1-13(6(9)10)2-3-4(8)5(14)12-7(15)11-3;/h2H2,1H3,(H3,9,10)(H2,11,12,14,15);1H. The van der Waals surface area contributed by atoms with Crippen LogP contribution in [0.15, 0.2) is 9.59 Å². The van der Waals surface area contributed by atoms with Crippen molar-refractivity contribution in [2.24, 2.45) is 5.73 Å². The van der Waals surface area contributed by atoms with E-state index in [1.165, 1.54) is 11.9 Å². The van der Waals surface area contributed by atoms with Crippen molar-refractivity contribution < 1.29 is 0 Å². The minimum Gasteiger partial charge on any atom is -0.370 e. The van der Waals surface area contributed by atoms with Gasteiger partial charge in [0.1, 0.15) is 5.02 Å². The molecule has 0 aliphatic carbocycles. The van der Waals surface area contributed by atoms with Crippen molar-refractivity contribution >= 4 is 30.0 Å². The van der Waals surface area contributed by atoms with Crippen LogP contribution in [0.1, 0.15) is 5.69 Å². The molecule has 1 aromatic rings. The van der Waals surface area contributed by atoms with Crippen LogP contribution < -0.4 is 17.0 Å². The van der Waals surface area contributed by atoms with Crippen molar-refractivity contribution in [3.05, 3.63) is 31.6 Å². The average Bonchev–Trinajstić information content (AvgIpc) is 2.13. The third-order valence-electron chi connectivity index (χ3n) is 1.76. The highest BCUT2D eigenvalue weighted by Crippen LogP contribution is 2.06. The van der Waals surface area contributed by atoms with Gasteiger partial charge in [0.05, 0.1) is 12.2 Å². The van der Waals surface area contributed by atoms with Gasteiger partial charge in [-0.3, -0.25) is 15.2 Å². The number of rotatable bonds is 2. The molecule has 0 amide bonds. The van der Waals surface area contributed by atoms with Gasteiger partial charge in [-0.2, -0.15) is 0 Å². The molecule has 16 heavy (non-hydrogen) atoms. The third kappa shape index (κ3) is 3.28. The Morgan fingerprint density at radius 1 is 1.50 bits per heavy atom. The Hall–Kier alpha value is -1.47. The summed E-state index contributed by atoms with van der Waals surface area (Å²) >= 11 is 5.66. The summed E-state index contributed by atoms with van der Waals surface area (Å²) in [4.78, 5) is 27.7. The minimum absolute atomic E-state index is 0. The highest BCUT2D eigenvalue weighted by molar-refractivity contribution is 6.30. The molecule has 0 saturated carbocycles. The van der Waals surface area contributed by atoms with Gasteiger partial charge >= 0.3 is 5.69 Å². The lowest BCUT2D eigenvalue weighted by molar-refractivity contribution is 0.481. The summed E-state index contributed by atoms with van der Waals surface area (Å²) in [7, 11) is 1.54. The van der Waals surface area contributed by atoms with E-state index >= 15 is 0 Å². The van der Waals surface area contributed by atoms with E-state index in [4.69, 9.17) is 22.7 Å². The first kappa shape index (κ1) is 14.5. The zero-order valence-corrected chi connectivity index (χ0v) is 9.91. The normalized spacial score (nSPS) is 9.38. The number of nitrogens with zero attached hydrogens (tertiary/aromatic N) is 1. The van der Waals surface area contributed by atoms with Gasteiger partial charge in [-0.15, -0.1) is 12.4 Å². The molecule has 0 saturated heterocycles. The molecule has 0 fully saturated rings. The van der Waals surface area contributed by atoms with Crippen molar-refractivity contribution in [3.63, 3.8) is 0 Å². The van der Waals surface area contributed by atoms with E-state index in [0.29, 0.717) is 0 Å². The number of H-pyrrole nitrogens is 2. The Morgan fingerprint density at radius 2 is 2.06 bits per heavy atom. The lowest BCUT2D eigenvalue weighted by atomic mass is 10.4. The molecule has 0 radical (unpaired) electrons. The molecular formula is C7H11Cl2N5O2. The molecule has 1 rings (SSSR count). The van der Waals surface area contributed by atoms with Crippen LogP contribution in [0.5, 0.6) is 0 Å². The smallest absolute Gasteiger partial charge is 0.326 e. The number of guanidine groups is 1. The predicted molar refractivity (Wildman–Crippen MR) is 63.3 cm³/mol.